The molecule has 8 heteroatoms. The van der Waals surface area contributed by atoms with Gasteiger partial charge in [0.2, 0.25) is 0 Å². The normalized spacial score (nSPS) is 16.0. The van der Waals surface area contributed by atoms with Crippen molar-refractivity contribution in [1.29, 1.82) is 0 Å². The molecule has 2 aliphatic heterocycles. The van der Waals surface area contributed by atoms with Crippen LogP contribution in [0.2, 0.25) is 0 Å². The zero-order valence-electron chi connectivity index (χ0n) is 51.2. The molecule has 10 aromatic rings. The van der Waals surface area contributed by atoms with Crippen LogP contribution in [0.1, 0.15) is 178 Å². The van der Waals surface area contributed by atoms with Crippen molar-refractivity contribution in [1.82, 2.24) is 4.90 Å². The average Bonchev–Trinajstić information content (AvgIpc) is 1.58. The second-order valence-electron chi connectivity index (χ2n) is 25.0. The van der Waals surface area contributed by atoms with Gasteiger partial charge in [-0.05, 0) is 183 Å². The van der Waals surface area contributed by atoms with Gasteiger partial charge in [0.15, 0.2) is 0 Å². The molecule has 0 fully saturated rings. The number of fused-ring (bicyclic) bond motifs is 8. The molecule has 0 aromatic heterocycles. The van der Waals surface area contributed by atoms with Gasteiger partial charge in [0, 0.05) is 5.54 Å². The summed E-state index contributed by atoms with van der Waals surface area (Å²) >= 11 is 0. The summed E-state index contributed by atoms with van der Waals surface area (Å²) in [5.74, 6) is 0.725. The molecule has 440 valence electrons. The maximum absolute atomic E-state index is 14.6. The highest BCUT2D eigenvalue weighted by molar-refractivity contribution is 6.34. The van der Waals surface area contributed by atoms with Crippen molar-refractivity contribution in [2.24, 2.45) is 0 Å². The van der Waals surface area contributed by atoms with Gasteiger partial charge in [-0.2, -0.15) is 0 Å². The minimum atomic E-state index is -0.733. The van der Waals surface area contributed by atoms with Gasteiger partial charge in [-0.1, -0.05) is 212 Å². The van der Waals surface area contributed by atoms with Crippen LogP contribution in [0.15, 0.2) is 231 Å². The summed E-state index contributed by atoms with van der Waals surface area (Å²) in [4.78, 5) is 59.4. The Kier molecular flexibility index (Phi) is 14.1. The predicted molar refractivity (Wildman–Crippen MR) is 353 cm³/mol. The van der Waals surface area contributed by atoms with Crippen LogP contribution in [0.4, 0.5) is 5.69 Å². The van der Waals surface area contributed by atoms with E-state index < -0.39 is 22.3 Å². The summed E-state index contributed by atoms with van der Waals surface area (Å²) in [5, 5.41) is 0. The molecular formula is C81H70N2O6. The molecule has 4 amide bonds. The molecule has 2 aliphatic carbocycles. The van der Waals surface area contributed by atoms with Crippen molar-refractivity contribution in [2.45, 2.75) is 108 Å². The van der Waals surface area contributed by atoms with E-state index in [0.29, 0.717) is 51.8 Å². The van der Waals surface area contributed by atoms with Crippen molar-refractivity contribution in [3.8, 4) is 45.3 Å². The van der Waals surface area contributed by atoms with Crippen molar-refractivity contribution >= 4 is 29.3 Å². The molecule has 2 heterocycles. The third kappa shape index (κ3) is 8.76. The van der Waals surface area contributed by atoms with Crippen LogP contribution in [0.5, 0.6) is 23.0 Å². The number of imide groups is 2. The Bertz CT molecular complexity index is 4380. The summed E-state index contributed by atoms with van der Waals surface area (Å²) in [6, 6.07) is 78.2. The second kappa shape index (κ2) is 22.0. The Morgan fingerprint density at radius 3 is 1.15 bits per heavy atom. The topological polar surface area (TPSA) is 93.2 Å². The number of benzene rings is 10. The lowest BCUT2D eigenvalue weighted by atomic mass is 9.67. The zero-order chi connectivity index (χ0) is 61.4. The second-order valence-corrected chi connectivity index (χ2v) is 25.0. The number of hydrogen-bond acceptors (Lipinski definition) is 6. The van der Waals surface area contributed by atoms with Gasteiger partial charge < -0.3 is 9.47 Å². The van der Waals surface area contributed by atoms with E-state index in [4.69, 9.17) is 9.47 Å². The number of ether oxygens (including phenoxy) is 2. The standard InChI is InChI=1S/C81H70N2O6/c1-7-11-49-79(6,10-4)83-76(86)67-47-45-61(51-69(67)77(83)87)89-59-42-36-56(37-43-59)81(72-26-18-14-22-64(72)65-23-15-19-27-73(65)81)55-34-40-58(41-35-55)88-60-44-46-66-68(50-60)75(85)82(74(66)84)57-38-32-54(33-39-57)80(53-30-28-52(29-31-53)78(5,9-3)48-8-2)70-24-16-12-20-62(70)63-21-13-17-25-71(63)80/h12-47,50-51H,7-11,48-49H2,1-6H3. The van der Waals surface area contributed by atoms with E-state index >= 15 is 0 Å². The third-order valence-corrected chi connectivity index (χ3v) is 20.2. The molecule has 0 bridgehead atoms. The van der Waals surface area contributed by atoms with Gasteiger partial charge in [0.25, 0.3) is 23.6 Å². The molecule has 0 radical (unpaired) electrons. The first-order chi connectivity index (χ1) is 43.3. The number of unbranched alkanes of at least 4 members (excludes halogenated alkanes) is 1. The van der Waals surface area contributed by atoms with E-state index in [-0.39, 0.29) is 28.7 Å². The molecule has 0 spiro atoms. The van der Waals surface area contributed by atoms with E-state index in [1.165, 1.54) is 37.6 Å². The summed E-state index contributed by atoms with van der Waals surface area (Å²) in [6.45, 7) is 13.1. The molecule has 8 nitrogen and oxygen atoms in total. The van der Waals surface area contributed by atoms with Gasteiger partial charge in [0.05, 0.1) is 38.8 Å². The summed E-state index contributed by atoms with van der Waals surface area (Å²) in [5.41, 5.74) is 14.9. The molecule has 2 atom stereocenters. The Balaban J connectivity index is 0.739. The molecule has 10 aromatic carbocycles. The van der Waals surface area contributed by atoms with Crippen LogP contribution in [-0.2, 0) is 16.2 Å². The van der Waals surface area contributed by atoms with Crippen LogP contribution in [0, 0.1) is 0 Å². The Labute approximate surface area is 521 Å². The first kappa shape index (κ1) is 56.9. The highest BCUT2D eigenvalue weighted by Gasteiger charge is 2.49. The Morgan fingerprint density at radius 2 is 0.730 bits per heavy atom. The SMILES string of the molecule is CCCCC(C)(CC)N1C(=O)c2ccc(Oc3ccc(C4(c5ccc(Oc6ccc7c(c6)C(=O)N(c6ccc(C8(c9ccc(C(C)(CC)CCC)cc9)c9ccccc9-c9ccccc98)cc6)C7=O)cc5)c5ccccc5-c5ccccc54)cc3)cc2C1=O. The number of carbonyl (C=O) groups is 4. The number of nitrogens with zero attached hydrogens (tertiary/aromatic N) is 2. The third-order valence-electron chi connectivity index (χ3n) is 20.2. The highest BCUT2D eigenvalue weighted by atomic mass is 16.5. The fraction of sp³-hybridized carbons (Fsp3) is 0.210. The van der Waals surface area contributed by atoms with Crippen molar-refractivity contribution in [3.63, 3.8) is 0 Å². The fourth-order valence-electron chi connectivity index (χ4n) is 15.2. The molecule has 14 rings (SSSR count). The van der Waals surface area contributed by atoms with Gasteiger partial charge in [-0.25, -0.2) is 4.90 Å². The van der Waals surface area contributed by atoms with Crippen LogP contribution in [0.25, 0.3) is 22.3 Å². The van der Waals surface area contributed by atoms with Gasteiger partial charge in [-0.3, -0.25) is 24.1 Å². The fourth-order valence-corrected chi connectivity index (χ4v) is 15.2. The smallest absolute Gasteiger partial charge is 0.266 e. The van der Waals surface area contributed by atoms with Crippen LogP contribution in [0.3, 0.4) is 0 Å². The van der Waals surface area contributed by atoms with E-state index in [9.17, 15) is 19.2 Å². The lowest BCUT2D eigenvalue weighted by Crippen LogP contribution is -2.49. The van der Waals surface area contributed by atoms with Crippen molar-refractivity contribution < 1.29 is 28.7 Å². The molecule has 0 saturated carbocycles. The molecule has 89 heavy (non-hydrogen) atoms. The molecule has 4 aliphatic rings. The lowest BCUT2D eigenvalue weighted by molar-refractivity contribution is 0.0420. The molecule has 0 N–H and O–H groups in total. The zero-order valence-corrected chi connectivity index (χ0v) is 51.2. The summed E-state index contributed by atoms with van der Waals surface area (Å²) in [7, 11) is 0. The average molecular weight is 1170 g/mol. The van der Waals surface area contributed by atoms with Crippen molar-refractivity contribution in [2.75, 3.05) is 4.90 Å². The van der Waals surface area contributed by atoms with E-state index in [1.54, 1.807) is 36.4 Å². The number of anilines is 1. The molecule has 2 unspecified atom stereocenters. The maximum atomic E-state index is 14.6. The van der Waals surface area contributed by atoms with Gasteiger partial charge in [-0.15, -0.1) is 0 Å². The first-order valence-electron chi connectivity index (χ1n) is 31.5. The highest BCUT2D eigenvalue weighted by Crippen LogP contribution is 2.58. The van der Waals surface area contributed by atoms with Crippen LogP contribution < -0.4 is 14.4 Å². The number of hydrogen-bond donors (Lipinski definition) is 0. The minimum absolute atomic E-state index is 0.0758. The number of carbonyl (C=O) groups excluding carboxylic acids is 4. The first-order valence-corrected chi connectivity index (χ1v) is 31.5. The minimum Gasteiger partial charge on any atom is -0.457 e. The number of rotatable bonds is 18. The summed E-state index contributed by atoms with van der Waals surface area (Å²) < 4.78 is 13.0. The number of amides is 4. The Hall–Kier alpha value is -9.92. The van der Waals surface area contributed by atoms with E-state index in [2.05, 4.69) is 185 Å². The maximum Gasteiger partial charge on any atom is 0.266 e. The monoisotopic (exact) mass is 1170 g/mol. The van der Waals surface area contributed by atoms with Gasteiger partial charge in [0.1, 0.15) is 23.0 Å². The largest absolute Gasteiger partial charge is 0.457 e. The summed E-state index contributed by atoms with van der Waals surface area (Å²) in [6.07, 6.45) is 6.60. The molecular weight excluding hydrogens is 1100 g/mol. The lowest BCUT2D eigenvalue weighted by Gasteiger charge is -2.36. The molecule has 0 saturated heterocycles. The van der Waals surface area contributed by atoms with Gasteiger partial charge >= 0.3 is 0 Å². The van der Waals surface area contributed by atoms with Crippen molar-refractivity contribution in [3.05, 3.63) is 303 Å². The van der Waals surface area contributed by atoms with E-state index in [0.717, 1.165) is 83.0 Å². The quantitative estimate of drug-likeness (QED) is 0.0795. The predicted octanol–water partition coefficient (Wildman–Crippen LogP) is 19.2. The van der Waals surface area contributed by atoms with Crippen LogP contribution >= 0.6 is 0 Å². The Morgan fingerprint density at radius 1 is 0.360 bits per heavy atom. The van der Waals surface area contributed by atoms with Crippen LogP contribution in [-0.4, -0.2) is 34.1 Å². The van der Waals surface area contributed by atoms with E-state index in [1.807, 2.05) is 50.2 Å².